The fourth-order valence-electron chi connectivity index (χ4n) is 3.58. The van der Waals surface area contributed by atoms with Crippen LogP contribution >= 0.6 is 23.6 Å². The molecule has 3 aromatic rings. The number of para-hydroxylation sites is 1. The van der Waals surface area contributed by atoms with Gasteiger partial charge in [-0.1, -0.05) is 30.4 Å². The Balaban J connectivity index is 1.59. The van der Waals surface area contributed by atoms with Crippen molar-refractivity contribution in [1.82, 2.24) is 20.1 Å². The molecule has 2 aromatic heterocycles. The van der Waals surface area contributed by atoms with E-state index >= 15 is 0 Å². The molecule has 0 fully saturated rings. The van der Waals surface area contributed by atoms with Gasteiger partial charge in [0.25, 0.3) is 0 Å². The van der Waals surface area contributed by atoms with Crippen LogP contribution < -0.4 is 10.6 Å². The number of thiocarbonyl (C=S) groups is 1. The summed E-state index contributed by atoms with van der Waals surface area (Å²) in [6.07, 6.45) is 2.99. The van der Waals surface area contributed by atoms with Crippen LogP contribution in [0.3, 0.4) is 0 Å². The molecule has 1 aromatic carbocycles. The quantitative estimate of drug-likeness (QED) is 0.654. The maximum absolute atomic E-state index is 5.69. The van der Waals surface area contributed by atoms with Crippen molar-refractivity contribution in [3.63, 3.8) is 0 Å². The number of nitrogens with one attached hydrogen (secondary N) is 2. The van der Waals surface area contributed by atoms with E-state index in [9.17, 15) is 0 Å². The summed E-state index contributed by atoms with van der Waals surface area (Å²) < 4.78 is 2.12. The average molecular weight is 395 g/mol. The molecule has 0 bridgehead atoms. The second-order valence-corrected chi connectivity index (χ2v) is 8.15. The van der Waals surface area contributed by atoms with Gasteiger partial charge < -0.3 is 10.6 Å². The van der Waals surface area contributed by atoms with Crippen LogP contribution in [0.15, 0.2) is 35.3 Å². The van der Waals surface area contributed by atoms with Crippen LogP contribution in [0.4, 0.5) is 5.69 Å². The average Bonchev–Trinajstić information content (AvgIpc) is 3.18. The molecular weight excluding hydrogens is 376 g/mol. The van der Waals surface area contributed by atoms with Gasteiger partial charge in [-0.15, -0.1) is 21.5 Å². The van der Waals surface area contributed by atoms with Crippen molar-refractivity contribution in [3.05, 3.63) is 58.0 Å². The van der Waals surface area contributed by atoms with E-state index < -0.39 is 0 Å². The summed E-state index contributed by atoms with van der Waals surface area (Å²) in [6, 6.07) is 9.55. The predicted molar refractivity (Wildman–Crippen MR) is 112 cm³/mol. The van der Waals surface area contributed by atoms with E-state index in [1.54, 1.807) is 11.3 Å². The van der Waals surface area contributed by atoms with E-state index in [-0.39, 0.29) is 6.04 Å². The lowest BCUT2D eigenvalue weighted by Crippen LogP contribution is -2.22. The van der Waals surface area contributed by atoms with Gasteiger partial charge in [0.05, 0.1) is 0 Å². The molecule has 0 aliphatic carbocycles. The topological polar surface area (TPSA) is 67.1 Å². The Morgan fingerprint density at radius 3 is 3.00 bits per heavy atom. The smallest absolute Gasteiger partial charge is 0.170 e. The lowest BCUT2D eigenvalue weighted by atomic mass is 10.0. The van der Waals surface area contributed by atoms with Crippen LogP contribution in [0.1, 0.15) is 33.7 Å². The van der Waals surface area contributed by atoms with Crippen molar-refractivity contribution in [2.24, 2.45) is 4.99 Å². The molecule has 4 heterocycles. The Kier molecular flexibility index (Phi) is 4.11. The first kappa shape index (κ1) is 16.7. The molecule has 1 atom stereocenters. The van der Waals surface area contributed by atoms with E-state index in [1.807, 2.05) is 43.5 Å². The van der Waals surface area contributed by atoms with Gasteiger partial charge in [0.2, 0.25) is 0 Å². The molecule has 6 nitrogen and oxygen atoms in total. The zero-order valence-electron chi connectivity index (χ0n) is 14.8. The number of anilines is 1. The molecule has 0 saturated heterocycles. The highest BCUT2D eigenvalue weighted by atomic mass is 32.1. The standard InChI is InChI=1S/C19H18N6S2/c1-11-23-24-17-16(18(26)22-12-5-3-2-4-6-12)21-9-14-13-7-8-20-10-15(13)27-19(14)25(11)17/h2-6,9,16,20H,7-8,10H2,1H3,(H,22,26). The minimum atomic E-state index is -0.363. The summed E-state index contributed by atoms with van der Waals surface area (Å²) in [6.45, 7) is 3.89. The highest BCUT2D eigenvalue weighted by molar-refractivity contribution is 7.80. The third kappa shape index (κ3) is 2.80. The number of aliphatic imine (C=N–C) groups is 1. The maximum atomic E-state index is 5.69. The Hall–Kier alpha value is -2.42. The highest BCUT2D eigenvalue weighted by Crippen LogP contribution is 2.37. The highest BCUT2D eigenvalue weighted by Gasteiger charge is 2.31. The molecule has 5 rings (SSSR count). The molecule has 0 spiro atoms. The third-order valence-corrected chi connectivity index (χ3v) is 6.45. The normalized spacial score (nSPS) is 17.6. The minimum absolute atomic E-state index is 0.363. The molecule has 8 heteroatoms. The van der Waals surface area contributed by atoms with Gasteiger partial charge in [0, 0.05) is 28.9 Å². The van der Waals surface area contributed by atoms with Gasteiger partial charge in [-0.3, -0.25) is 9.56 Å². The fourth-order valence-corrected chi connectivity index (χ4v) is 5.21. The number of nitrogens with zero attached hydrogens (tertiary/aromatic N) is 4. The van der Waals surface area contributed by atoms with Crippen molar-refractivity contribution < 1.29 is 0 Å². The van der Waals surface area contributed by atoms with Gasteiger partial charge in [-0.2, -0.15) is 0 Å². The molecule has 2 N–H and O–H groups in total. The SMILES string of the molecule is Cc1nnc2n1-c1sc3c(c1C=NC2C(=S)Nc1ccccc1)CCNC3. The first-order valence-corrected chi connectivity index (χ1v) is 10.1. The number of rotatable bonds is 2. The number of hydrogen-bond donors (Lipinski definition) is 2. The Morgan fingerprint density at radius 2 is 2.15 bits per heavy atom. The van der Waals surface area contributed by atoms with Gasteiger partial charge in [-0.25, -0.2) is 0 Å². The maximum Gasteiger partial charge on any atom is 0.170 e. The predicted octanol–water partition coefficient (Wildman–Crippen LogP) is 3.20. The van der Waals surface area contributed by atoms with E-state index in [0.717, 1.165) is 41.8 Å². The van der Waals surface area contributed by atoms with Crippen LogP contribution in [0, 0.1) is 6.92 Å². The first-order chi connectivity index (χ1) is 13.2. The summed E-state index contributed by atoms with van der Waals surface area (Å²) in [4.78, 5) is 6.83. The molecule has 2 aliphatic heterocycles. The van der Waals surface area contributed by atoms with Crippen LogP contribution in [0.2, 0.25) is 0 Å². The molecule has 136 valence electrons. The van der Waals surface area contributed by atoms with Crippen molar-refractivity contribution in [2.45, 2.75) is 25.9 Å². The van der Waals surface area contributed by atoms with Crippen LogP contribution in [0.5, 0.6) is 0 Å². The second-order valence-electron chi connectivity index (χ2n) is 6.63. The Morgan fingerprint density at radius 1 is 1.30 bits per heavy atom. The largest absolute Gasteiger partial charge is 0.348 e. The summed E-state index contributed by atoms with van der Waals surface area (Å²) in [5.74, 6) is 1.62. The molecule has 0 radical (unpaired) electrons. The van der Waals surface area contributed by atoms with Gasteiger partial charge in [0.1, 0.15) is 15.8 Å². The Labute approximate surface area is 166 Å². The van der Waals surface area contributed by atoms with Crippen LogP contribution in [-0.4, -0.2) is 32.5 Å². The zero-order chi connectivity index (χ0) is 18.4. The molecule has 2 aliphatic rings. The van der Waals surface area contributed by atoms with Gasteiger partial charge >= 0.3 is 0 Å². The van der Waals surface area contributed by atoms with Crippen LogP contribution in [0.25, 0.3) is 5.00 Å². The van der Waals surface area contributed by atoms with Crippen molar-refractivity contribution >= 4 is 40.4 Å². The van der Waals surface area contributed by atoms with Gasteiger partial charge in [0.15, 0.2) is 11.9 Å². The van der Waals surface area contributed by atoms with Crippen molar-refractivity contribution in [3.8, 4) is 5.00 Å². The molecule has 0 saturated carbocycles. The lowest BCUT2D eigenvalue weighted by Gasteiger charge is -2.15. The van der Waals surface area contributed by atoms with E-state index in [1.165, 1.54) is 16.0 Å². The number of hydrogen-bond acceptors (Lipinski definition) is 6. The van der Waals surface area contributed by atoms with Crippen molar-refractivity contribution in [1.29, 1.82) is 0 Å². The number of aromatic nitrogens is 3. The molecule has 1 unspecified atom stereocenters. The number of thiophene rings is 1. The number of fused-ring (bicyclic) bond motifs is 5. The molecular formula is C19H18N6S2. The third-order valence-electron chi connectivity index (χ3n) is 4.89. The monoisotopic (exact) mass is 394 g/mol. The fraction of sp³-hybridized carbons (Fsp3) is 0.263. The first-order valence-electron chi connectivity index (χ1n) is 8.89. The zero-order valence-corrected chi connectivity index (χ0v) is 16.4. The summed E-state index contributed by atoms with van der Waals surface area (Å²) in [5.41, 5.74) is 3.52. The van der Waals surface area contributed by atoms with E-state index in [0.29, 0.717) is 4.99 Å². The second kappa shape index (κ2) is 6.63. The van der Waals surface area contributed by atoms with E-state index in [2.05, 4.69) is 25.4 Å². The number of aryl methyl sites for hydroxylation is 1. The Bertz CT molecular complexity index is 1050. The van der Waals surface area contributed by atoms with Crippen LogP contribution in [-0.2, 0) is 13.0 Å². The minimum Gasteiger partial charge on any atom is -0.348 e. The summed E-state index contributed by atoms with van der Waals surface area (Å²) >= 11 is 7.49. The summed E-state index contributed by atoms with van der Waals surface area (Å²) in [5, 5.41) is 16.7. The molecule has 0 amide bonds. The summed E-state index contributed by atoms with van der Waals surface area (Å²) in [7, 11) is 0. The van der Waals surface area contributed by atoms with E-state index in [4.69, 9.17) is 17.2 Å². The number of benzene rings is 1. The van der Waals surface area contributed by atoms with Gasteiger partial charge in [-0.05, 0) is 37.6 Å². The van der Waals surface area contributed by atoms with Crippen molar-refractivity contribution in [2.75, 3.05) is 11.9 Å². The lowest BCUT2D eigenvalue weighted by molar-refractivity contribution is 0.654. The molecule has 27 heavy (non-hydrogen) atoms.